The van der Waals surface area contributed by atoms with E-state index >= 15 is 0 Å². The summed E-state index contributed by atoms with van der Waals surface area (Å²) in [5, 5.41) is 23.6. The van der Waals surface area contributed by atoms with Crippen molar-refractivity contribution in [2.24, 2.45) is 5.29 Å². The molecule has 10 heteroatoms. The number of nitrogens with one attached hydrogen (secondary N) is 1. The van der Waals surface area contributed by atoms with Gasteiger partial charge in [-0.15, -0.1) is 16.7 Å². The molecule has 1 heterocycles. The number of benzene rings is 1. The topological polar surface area (TPSA) is 136 Å². The quantitative estimate of drug-likeness (QED) is 0.597. The molecule has 0 aliphatic carbocycles. The van der Waals surface area contributed by atoms with Crippen molar-refractivity contribution in [3.05, 3.63) is 40.8 Å². The maximum absolute atomic E-state index is 12.2. The number of hydrogen-bond donors (Lipinski definition) is 3. The number of carbonyl (C=O) groups excluding carboxylic acids is 1. The number of nitroso groups, excluding NO2 is 1. The molecule has 1 aliphatic heterocycles. The molecule has 0 aromatic heterocycles. The molecule has 0 saturated carbocycles. The summed E-state index contributed by atoms with van der Waals surface area (Å²) < 4.78 is -0.970. The van der Waals surface area contributed by atoms with Gasteiger partial charge < -0.3 is 15.5 Å². The van der Waals surface area contributed by atoms with E-state index in [1.165, 1.54) is 0 Å². The lowest BCUT2D eigenvalue weighted by molar-refractivity contribution is -0.147. The van der Waals surface area contributed by atoms with Crippen LogP contribution in [0.3, 0.4) is 0 Å². The second kappa shape index (κ2) is 7.73. The SMILES string of the molecule is CC1(C)SC(C(NC(=O)Cc2ccccc2)C(=O)O)N(N=O)C1C(=O)O. The standard InChI is InChI=1S/C16H19N3O6S/c1-16(2)12(15(23)24)19(18-25)13(26-16)11(14(21)22)17-10(20)8-9-6-4-3-5-7-9/h3-7,11-13H,8H2,1-2H3,(H,17,20)(H,21,22)(H,23,24). The second-order valence-electron chi connectivity index (χ2n) is 6.36. The zero-order valence-electron chi connectivity index (χ0n) is 14.2. The fraction of sp³-hybridized carbons (Fsp3) is 0.438. The summed E-state index contributed by atoms with van der Waals surface area (Å²) in [5.41, 5.74) is 0.697. The van der Waals surface area contributed by atoms with Crippen LogP contribution in [0.4, 0.5) is 0 Å². The van der Waals surface area contributed by atoms with E-state index in [1.54, 1.807) is 44.2 Å². The Labute approximate surface area is 153 Å². The van der Waals surface area contributed by atoms with Crippen molar-refractivity contribution in [1.82, 2.24) is 10.3 Å². The van der Waals surface area contributed by atoms with Gasteiger partial charge >= 0.3 is 11.9 Å². The van der Waals surface area contributed by atoms with E-state index in [-0.39, 0.29) is 6.42 Å². The molecule has 0 bridgehead atoms. The molecule has 1 saturated heterocycles. The van der Waals surface area contributed by atoms with E-state index < -0.39 is 40.1 Å². The average molecular weight is 381 g/mol. The minimum absolute atomic E-state index is 0.0394. The van der Waals surface area contributed by atoms with Crippen molar-refractivity contribution in [2.45, 2.75) is 42.5 Å². The molecule has 140 valence electrons. The van der Waals surface area contributed by atoms with Gasteiger partial charge in [0, 0.05) is 4.75 Å². The van der Waals surface area contributed by atoms with Crippen LogP contribution < -0.4 is 5.32 Å². The Kier molecular flexibility index (Phi) is 5.86. The number of carbonyl (C=O) groups is 3. The number of nitrogens with zero attached hydrogens (tertiary/aromatic N) is 2. The molecule has 1 aromatic carbocycles. The normalized spacial score (nSPS) is 22.5. The molecule has 2 rings (SSSR count). The summed E-state index contributed by atoms with van der Waals surface area (Å²) in [5.74, 6) is -3.21. The molecule has 26 heavy (non-hydrogen) atoms. The summed E-state index contributed by atoms with van der Waals surface area (Å²) in [6.07, 6.45) is -0.0394. The highest BCUT2D eigenvalue weighted by Gasteiger charge is 2.56. The molecule has 3 unspecified atom stereocenters. The molecule has 9 nitrogen and oxygen atoms in total. The van der Waals surface area contributed by atoms with Gasteiger partial charge in [-0.2, -0.15) is 0 Å². The van der Waals surface area contributed by atoms with Crippen molar-refractivity contribution in [3.8, 4) is 0 Å². The van der Waals surface area contributed by atoms with Gasteiger partial charge in [-0.05, 0) is 19.4 Å². The highest BCUT2D eigenvalue weighted by atomic mass is 32.2. The van der Waals surface area contributed by atoms with Gasteiger partial charge in [0.1, 0.15) is 5.37 Å². The monoisotopic (exact) mass is 381 g/mol. The van der Waals surface area contributed by atoms with Gasteiger partial charge in [0.05, 0.1) is 11.7 Å². The van der Waals surface area contributed by atoms with E-state index in [2.05, 4.69) is 10.6 Å². The average Bonchev–Trinajstić information content (AvgIpc) is 2.83. The zero-order chi connectivity index (χ0) is 19.5. The first-order valence-electron chi connectivity index (χ1n) is 7.75. The molecule has 3 atom stereocenters. The third kappa shape index (κ3) is 4.13. The number of aliphatic carboxylic acids is 2. The molecule has 1 aromatic rings. The summed E-state index contributed by atoms with van der Waals surface area (Å²) in [4.78, 5) is 46.6. The van der Waals surface area contributed by atoms with Gasteiger partial charge in [0.2, 0.25) is 5.91 Å². The van der Waals surface area contributed by atoms with Crippen LogP contribution in [0.1, 0.15) is 19.4 Å². The van der Waals surface area contributed by atoms with Crippen LogP contribution in [0.5, 0.6) is 0 Å². The van der Waals surface area contributed by atoms with E-state index in [4.69, 9.17) is 0 Å². The van der Waals surface area contributed by atoms with Crippen LogP contribution in [0, 0.1) is 4.91 Å². The Hall–Kier alpha value is -2.62. The predicted octanol–water partition coefficient (Wildman–Crippen LogP) is 1.09. The lowest BCUT2D eigenvalue weighted by atomic mass is 10.0. The van der Waals surface area contributed by atoms with Crippen LogP contribution in [0.15, 0.2) is 35.6 Å². The van der Waals surface area contributed by atoms with Gasteiger partial charge in [-0.1, -0.05) is 30.3 Å². The molecule has 1 amide bonds. The highest BCUT2D eigenvalue weighted by Crippen LogP contribution is 2.45. The van der Waals surface area contributed by atoms with Crippen LogP contribution in [-0.2, 0) is 20.8 Å². The van der Waals surface area contributed by atoms with E-state index in [1.807, 2.05) is 0 Å². The fourth-order valence-corrected chi connectivity index (χ4v) is 4.43. The van der Waals surface area contributed by atoms with Crippen molar-refractivity contribution in [2.75, 3.05) is 0 Å². The third-order valence-corrected chi connectivity index (χ3v) is 5.57. The summed E-state index contributed by atoms with van der Waals surface area (Å²) in [7, 11) is 0. The number of carboxylic acid groups (broad SMARTS) is 2. The van der Waals surface area contributed by atoms with Crippen LogP contribution >= 0.6 is 11.8 Å². The molecule has 0 spiro atoms. The highest BCUT2D eigenvalue weighted by molar-refractivity contribution is 8.01. The Bertz CT molecular complexity index is 711. The van der Waals surface area contributed by atoms with Crippen LogP contribution in [0.25, 0.3) is 0 Å². The van der Waals surface area contributed by atoms with Gasteiger partial charge in [0.25, 0.3) is 0 Å². The minimum atomic E-state index is -1.49. The maximum Gasteiger partial charge on any atom is 0.329 e. The first-order chi connectivity index (χ1) is 12.2. The van der Waals surface area contributed by atoms with E-state index in [0.717, 1.165) is 11.8 Å². The zero-order valence-corrected chi connectivity index (χ0v) is 15.0. The van der Waals surface area contributed by atoms with Gasteiger partial charge in [-0.3, -0.25) is 4.79 Å². The Morgan fingerprint density at radius 2 is 1.88 bits per heavy atom. The second-order valence-corrected chi connectivity index (χ2v) is 8.13. The third-order valence-electron chi connectivity index (χ3n) is 4.01. The Balaban J connectivity index is 2.21. The predicted molar refractivity (Wildman–Crippen MR) is 94.2 cm³/mol. The molecule has 3 N–H and O–H groups in total. The molecular formula is C16H19N3O6S. The number of thioether (sulfide) groups is 1. The Morgan fingerprint density at radius 1 is 1.27 bits per heavy atom. The van der Waals surface area contributed by atoms with Crippen LogP contribution in [0.2, 0.25) is 0 Å². The summed E-state index contributed by atoms with van der Waals surface area (Å²) >= 11 is 0.977. The number of carboxylic acids is 2. The summed E-state index contributed by atoms with van der Waals surface area (Å²) in [6, 6.07) is 5.95. The fourth-order valence-electron chi connectivity index (χ4n) is 2.88. The molecular weight excluding hydrogens is 362 g/mol. The number of hydrogen-bond acceptors (Lipinski definition) is 6. The summed E-state index contributed by atoms with van der Waals surface area (Å²) in [6.45, 7) is 3.17. The first kappa shape index (κ1) is 19.7. The lowest BCUT2D eigenvalue weighted by Crippen LogP contribution is -2.54. The van der Waals surface area contributed by atoms with Gasteiger partial charge in [0.15, 0.2) is 12.1 Å². The Morgan fingerprint density at radius 3 is 2.38 bits per heavy atom. The van der Waals surface area contributed by atoms with Crippen molar-refractivity contribution in [1.29, 1.82) is 0 Å². The largest absolute Gasteiger partial charge is 0.480 e. The number of amides is 1. The number of rotatable bonds is 7. The van der Waals surface area contributed by atoms with Crippen LogP contribution in [-0.4, -0.2) is 55.3 Å². The minimum Gasteiger partial charge on any atom is -0.480 e. The van der Waals surface area contributed by atoms with Crippen molar-refractivity contribution >= 4 is 29.6 Å². The van der Waals surface area contributed by atoms with E-state index in [9.17, 15) is 29.5 Å². The molecule has 1 fully saturated rings. The molecule has 0 radical (unpaired) electrons. The van der Waals surface area contributed by atoms with Crippen molar-refractivity contribution < 1.29 is 24.6 Å². The van der Waals surface area contributed by atoms with Gasteiger partial charge in [-0.25, -0.2) is 14.6 Å². The molecule has 1 aliphatic rings. The van der Waals surface area contributed by atoms with Crippen molar-refractivity contribution in [3.63, 3.8) is 0 Å². The first-order valence-corrected chi connectivity index (χ1v) is 8.63. The van der Waals surface area contributed by atoms with E-state index in [0.29, 0.717) is 10.6 Å². The maximum atomic E-state index is 12.2. The lowest BCUT2D eigenvalue weighted by Gasteiger charge is -2.26. The smallest absolute Gasteiger partial charge is 0.329 e.